The van der Waals surface area contributed by atoms with Gasteiger partial charge in [0.1, 0.15) is 18.1 Å². The van der Waals surface area contributed by atoms with Crippen molar-refractivity contribution >= 4 is 47.2 Å². The number of aromatic amines is 1. The summed E-state index contributed by atoms with van der Waals surface area (Å²) in [5.74, 6) is -3.48. The van der Waals surface area contributed by atoms with Crippen molar-refractivity contribution in [3.05, 3.63) is 36.0 Å². The first kappa shape index (κ1) is 28.1. The normalized spacial score (nSPS) is 14.7. The minimum absolute atomic E-state index is 0.0324. The number of carboxylic acids is 1. The molecule has 12 heteroatoms. The zero-order chi connectivity index (χ0) is 26.1. The lowest BCUT2D eigenvalue weighted by Crippen LogP contribution is -2.58. The number of benzene rings is 1. The zero-order valence-corrected chi connectivity index (χ0v) is 20.5. The van der Waals surface area contributed by atoms with E-state index in [1.165, 1.54) is 0 Å². The van der Waals surface area contributed by atoms with Gasteiger partial charge in [-0.25, -0.2) is 4.79 Å². The van der Waals surface area contributed by atoms with E-state index < -0.39 is 54.5 Å². The number of rotatable bonds is 13. The van der Waals surface area contributed by atoms with Gasteiger partial charge in [-0.3, -0.25) is 14.4 Å². The highest BCUT2D eigenvalue weighted by Gasteiger charge is 2.30. The van der Waals surface area contributed by atoms with Crippen LogP contribution in [0.25, 0.3) is 10.9 Å². The van der Waals surface area contributed by atoms with Gasteiger partial charge in [0.25, 0.3) is 0 Å². The number of nitrogens with two attached hydrogens (primary N) is 1. The van der Waals surface area contributed by atoms with Gasteiger partial charge in [-0.1, -0.05) is 32.0 Å². The molecule has 4 atom stereocenters. The Balaban J connectivity index is 2.06. The molecule has 35 heavy (non-hydrogen) atoms. The molecule has 2 rings (SSSR count). The van der Waals surface area contributed by atoms with E-state index in [1.54, 1.807) is 6.20 Å². The molecule has 0 saturated carbocycles. The second kappa shape index (κ2) is 13.1. The molecule has 1 aromatic carbocycles. The van der Waals surface area contributed by atoms with E-state index in [-0.39, 0.29) is 24.5 Å². The number of carbonyl (C=O) groups excluding carboxylic acids is 3. The summed E-state index contributed by atoms with van der Waals surface area (Å²) >= 11 is 4.06. The van der Waals surface area contributed by atoms with Crippen LogP contribution in [0, 0.1) is 5.92 Å². The molecule has 8 N–H and O–H groups in total. The number of aliphatic hydroxyl groups is 1. The molecule has 192 valence electrons. The van der Waals surface area contributed by atoms with Crippen molar-refractivity contribution in [1.82, 2.24) is 20.9 Å². The summed E-state index contributed by atoms with van der Waals surface area (Å²) in [6, 6.07) is 3.05. The first-order chi connectivity index (χ1) is 16.6. The molecule has 11 nitrogen and oxygen atoms in total. The van der Waals surface area contributed by atoms with Crippen molar-refractivity contribution in [2.24, 2.45) is 11.7 Å². The van der Waals surface area contributed by atoms with E-state index in [4.69, 9.17) is 15.9 Å². The Kier molecular flexibility index (Phi) is 10.6. The molecule has 0 spiro atoms. The van der Waals surface area contributed by atoms with Crippen LogP contribution in [0.2, 0.25) is 0 Å². The van der Waals surface area contributed by atoms with Gasteiger partial charge >= 0.3 is 5.97 Å². The number of carboxylic acid groups (broad SMARTS) is 1. The molecule has 0 aliphatic heterocycles. The van der Waals surface area contributed by atoms with Crippen LogP contribution < -0.4 is 21.7 Å². The average Bonchev–Trinajstić information content (AvgIpc) is 3.22. The lowest BCUT2D eigenvalue weighted by Gasteiger charge is -2.25. The molecule has 0 aliphatic carbocycles. The van der Waals surface area contributed by atoms with Crippen molar-refractivity contribution in [3.8, 4) is 0 Å². The lowest BCUT2D eigenvalue weighted by atomic mass is 10.0. The van der Waals surface area contributed by atoms with Crippen molar-refractivity contribution in [2.45, 2.75) is 50.9 Å². The SMILES string of the molecule is CC(C)CC(NC(=O)C(N)Cc1c[nH]c2ccccc12)C(=O)NC(CS)C(=O)NC(CO)C(=O)O. The monoisotopic (exact) mass is 507 g/mol. The highest BCUT2D eigenvalue weighted by atomic mass is 32.1. The number of fused-ring (bicyclic) bond motifs is 1. The summed E-state index contributed by atoms with van der Waals surface area (Å²) in [7, 11) is 0. The average molecular weight is 508 g/mol. The van der Waals surface area contributed by atoms with Crippen LogP contribution in [0.1, 0.15) is 25.8 Å². The number of nitrogens with one attached hydrogen (secondary N) is 4. The maximum absolute atomic E-state index is 12.9. The molecule has 0 bridgehead atoms. The zero-order valence-electron chi connectivity index (χ0n) is 19.7. The lowest BCUT2D eigenvalue weighted by molar-refractivity contribution is -0.143. The molecule has 0 aliphatic rings. The van der Waals surface area contributed by atoms with Gasteiger partial charge in [-0.15, -0.1) is 0 Å². The topological polar surface area (TPSA) is 187 Å². The predicted molar refractivity (Wildman–Crippen MR) is 134 cm³/mol. The summed E-state index contributed by atoms with van der Waals surface area (Å²) in [5.41, 5.74) is 7.94. The van der Waals surface area contributed by atoms with Crippen LogP contribution in [0.5, 0.6) is 0 Å². The Labute approximate surface area is 208 Å². The van der Waals surface area contributed by atoms with Crippen LogP contribution >= 0.6 is 12.6 Å². The summed E-state index contributed by atoms with van der Waals surface area (Å²) < 4.78 is 0. The summed E-state index contributed by atoms with van der Waals surface area (Å²) in [6.07, 6.45) is 2.33. The van der Waals surface area contributed by atoms with Crippen LogP contribution in [0.4, 0.5) is 0 Å². The van der Waals surface area contributed by atoms with Crippen LogP contribution in [0.3, 0.4) is 0 Å². The predicted octanol–water partition coefficient (Wildman–Crippen LogP) is -0.455. The molecule has 0 saturated heterocycles. The molecule has 1 aromatic heterocycles. The Morgan fingerprint density at radius 3 is 2.20 bits per heavy atom. The number of aromatic nitrogens is 1. The second-order valence-corrected chi connectivity index (χ2v) is 9.05. The number of hydrogen-bond donors (Lipinski definition) is 8. The number of H-pyrrole nitrogens is 1. The third-order valence-electron chi connectivity index (χ3n) is 5.40. The van der Waals surface area contributed by atoms with E-state index >= 15 is 0 Å². The van der Waals surface area contributed by atoms with E-state index in [9.17, 15) is 19.2 Å². The van der Waals surface area contributed by atoms with E-state index in [2.05, 4.69) is 33.6 Å². The first-order valence-corrected chi connectivity index (χ1v) is 11.9. The van der Waals surface area contributed by atoms with E-state index in [0.717, 1.165) is 16.5 Å². The Bertz CT molecular complexity index is 1040. The highest BCUT2D eigenvalue weighted by molar-refractivity contribution is 7.80. The number of aliphatic carboxylic acids is 1. The van der Waals surface area contributed by atoms with Gasteiger partial charge in [-0.05, 0) is 30.4 Å². The van der Waals surface area contributed by atoms with Crippen molar-refractivity contribution in [3.63, 3.8) is 0 Å². The Hall–Kier alpha value is -3.09. The van der Waals surface area contributed by atoms with Gasteiger partial charge in [0.2, 0.25) is 17.7 Å². The van der Waals surface area contributed by atoms with Gasteiger partial charge in [0.15, 0.2) is 0 Å². The number of carbonyl (C=O) groups is 4. The smallest absolute Gasteiger partial charge is 0.328 e. The fourth-order valence-corrected chi connectivity index (χ4v) is 3.79. The third-order valence-corrected chi connectivity index (χ3v) is 5.77. The Morgan fingerprint density at radius 2 is 1.60 bits per heavy atom. The van der Waals surface area contributed by atoms with Gasteiger partial charge in [-0.2, -0.15) is 12.6 Å². The summed E-state index contributed by atoms with van der Waals surface area (Å²) in [6.45, 7) is 2.94. The number of para-hydroxylation sites is 1. The summed E-state index contributed by atoms with van der Waals surface area (Å²) in [4.78, 5) is 52.3. The minimum Gasteiger partial charge on any atom is -0.480 e. The van der Waals surface area contributed by atoms with Crippen LogP contribution in [-0.2, 0) is 25.6 Å². The standard InChI is InChI=1S/C23H33N5O6S/c1-12(2)7-17(21(31)28-19(11-35)22(32)27-18(10-29)23(33)34)26-20(30)15(24)8-13-9-25-16-6-4-3-5-14(13)16/h3-6,9,12,15,17-19,25,29,35H,7-8,10-11,24H2,1-2H3,(H,26,30)(H,27,32)(H,28,31)(H,33,34). The largest absolute Gasteiger partial charge is 0.480 e. The minimum atomic E-state index is -1.52. The molecule has 0 radical (unpaired) electrons. The van der Waals surface area contributed by atoms with Gasteiger partial charge in [0.05, 0.1) is 12.6 Å². The molecular weight excluding hydrogens is 474 g/mol. The molecule has 2 aromatic rings. The molecule has 4 unspecified atom stereocenters. The van der Waals surface area contributed by atoms with Gasteiger partial charge < -0.3 is 36.9 Å². The summed E-state index contributed by atoms with van der Waals surface area (Å²) in [5, 5.41) is 26.4. The fraction of sp³-hybridized carbons (Fsp3) is 0.478. The first-order valence-electron chi connectivity index (χ1n) is 11.2. The van der Waals surface area contributed by atoms with Crippen molar-refractivity contribution in [1.29, 1.82) is 0 Å². The van der Waals surface area contributed by atoms with Crippen LogP contribution in [-0.4, -0.2) is 75.4 Å². The molecule has 1 heterocycles. The Morgan fingerprint density at radius 1 is 1.00 bits per heavy atom. The van der Waals surface area contributed by atoms with E-state index in [0.29, 0.717) is 0 Å². The molecule has 3 amide bonds. The van der Waals surface area contributed by atoms with E-state index in [1.807, 2.05) is 38.1 Å². The number of amides is 3. The fourth-order valence-electron chi connectivity index (χ4n) is 3.54. The number of thiol groups is 1. The highest BCUT2D eigenvalue weighted by Crippen LogP contribution is 2.19. The van der Waals surface area contributed by atoms with Gasteiger partial charge in [0, 0.05) is 22.9 Å². The van der Waals surface area contributed by atoms with Crippen LogP contribution in [0.15, 0.2) is 30.5 Å². The maximum Gasteiger partial charge on any atom is 0.328 e. The molecule has 0 fully saturated rings. The van der Waals surface area contributed by atoms with Crippen molar-refractivity contribution < 1.29 is 29.4 Å². The quantitative estimate of drug-likeness (QED) is 0.169. The van der Waals surface area contributed by atoms with Crippen molar-refractivity contribution in [2.75, 3.05) is 12.4 Å². The second-order valence-electron chi connectivity index (χ2n) is 8.69. The maximum atomic E-state index is 12.9. The number of hydrogen-bond acceptors (Lipinski definition) is 7. The number of aliphatic hydroxyl groups excluding tert-OH is 1. The molecular formula is C23H33N5O6S. The third kappa shape index (κ3) is 7.98.